The number of aliphatic hydroxyl groups is 4. The van der Waals surface area contributed by atoms with Crippen molar-refractivity contribution in [1.82, 2.24) is 0 Å². The summed E-state index contributed by atoms with van der Waals surface area (Å²) < 4.78 is 0. The van der Waals surface area contributed by atoms with Crippen LogP contribution in [0.4, 0.5) is 0 Å². The predicted octanol–water partition coefficient (Wildman–Crippen LogP) is -5.54. The lowest BCUT2D eigenvalue weighted by atomic mass is 9.97. The number of rotatable bonds is 4. The summed E-state index contributed by atoms with van der Waals surface area (Å²) in [6.07, 6.45) is 0. The molecule has 0 aliphatic rings. The Morgan fingerprint density at radius 2 is 0.633 bits per heavy atom. The fraction of sp³-hybridized carbons (Fsp3) is 0.769. The Hall–Kier alpha value is -2.41. The lowest BCUT2D eigenvalue weighted by molar-refractivity contribution is 0.0855. The van der Waals surface area contributed by atoms with E-state index < -0.39 is 7.32 Å². The van der Waals surface area contributed by atoms with Crippen molar-refractivity contribution in [2.24, 2.45) is 45.2 Å². The molecule has 0 saturated heterocycles. The quantitative estimate of drug-likeness (QED) is 0.109. The first-order chi connectivity index (χ1) is 13.2. The van der Waals surface area contributed by atoms with Gasteiger partial charge in [0, 0.05) is 10.8 Å². The van der Waals surface area contributed by atoms with Crippen LogP contribution < -0.4 is 34.4 Å². The molecule has 0 saturated carbocycles. The molecule has 0 radical (unpaired) electrons. The van der Waals surface area contributed by atoms with Crippen LogP contribution >= 0.6 is 0 Å². The molecule has 0 aromatic rings. The van der Waals surface area contributed by atoms with Gasteiger partial charge in [-0.25, -0.2) is 0 Å². The summed E-state index contributed by atoms with van der Waals surface area (Å²) in [6.45, 7) is 7.38. The first kappa shape index (κ1) is 41.9. The molecule has 0 fully saturated rings. The SMILES string of the molecule is CC(C)(CO)CO.CC(C)(CO)CO.N=C(N)N.N=C(N)N.N=C(N)N.OB(O)O. The van der Waals surface area contributed by atoms with E-state index in [9.17, 15) is 0 Å². The molecule has 0 atom stereocenters. The summed E-state index contributed by atoms with van der Waals surface area (Å²) in [5.74, 6) is -1.000. The molecule has 0 unspecified atom stereocenters. The molecule has 30 heavy (non-hydrogen) atoms. The van der Waals surface area contributed by atoms with Crippen LogP contribution in [0, 0.1) is 27.1 Å². The van der Waals surface area contributed by atoms with Crippen molar-refractivity contribution in [3.05, 3.63) is 0 Å². The zero-order chi connectivity index (χ0) is 26.1. The highest BCUT2D eigenvalue weighted by atomic mass is 16.5. The second-order valence-corrected chi connectivity index (χ2v) is 6.67. The molecule has 184 valence electrons. The van der Waals surface area contributed by atoms with Gasteiger partial charge in [0.2, 0.25) is 0 Å². The lowest BCUT2D eigenvalue weighted by Gasteiger charge is -2.16. The van der Waals surface area contributed by atoms with Crippen LogP contribution in [0.3, 0.4) is 0 Å². The van der Waals surface area contributed by atoms with Gasteiger partial charge in [-0.3, -0.25) is 16.2 Å². The van der Waals surface area contributed by atoms with Crippen molar-refractivity contribution in [1.29, 1.82) is 16.2 Å². The summed E-state index contributed by atoms with van der Waals surface area (Å²) in [4.78, 5) is 0. The van der Waals surface area contributed by atoms with Crippen LogP contribution in [0.2, 0.25) is 0 Å². The first-order valence-corrected chi connectivity index (χ1v) is 7.94. The highest BCUT2D eigenvalue weighted by Gasteiger charge is 2.13. The summed E-state index contributed by atoms with van der Waals surface area (Å²) in [5.41, 5.74) is 26.2. The van der Waals surface area contributed by atoms with Crippen LogP contribution in [0.25, 0.3) is 0 Å². The Labute approximate surface area is 177 Å². The standard InChI is InChI=1S/2C5H12O2.3CH5N3.BH3O3/c2*1-5(2,3-6)4-7;4*2-1(3)4/h2*6-7H,3-4H2,1-2H3;3*(H5,2,3,4);2-4H. The molecule has 16 nitrogen and oxygen atoms in total. The van der Waals surface area contributed by atoms with Gasteiger partial charge in [0.05, 0.1) is 26.4 Å². The van der Waals surface area contributed by atoms with E-state index in [0.29, 0.717) is 0 Å². The van der Waals surface area contributed by atoms with Crippen LogP contribution in [-0.4, -0.2) is 87.1 Å². The highest BCUT2D eigenvalue weighted by molar-refractivity contribution is 6.30. The van der Waals surface area contributed by atoms with Gasteiger partial charge in [-0.1, -0.05) is 27.7 Å². The van der Waals surface area contributed by atoms with Gasteiger partial charge in [-0.2, -0.15) is 0 Å². The molecule has 0 spiro atoms. The normalized spacial score (nSPS) is 8.90. The number of hydrogen-bond acceptors (Lipinski definition) is 10. The zero-order valence-electron chi connectivity index (χ0n) is 18.0. The third-order valence-electron chi connectivity index (χ3n) is 1.71. The summed E-state index contributed by atoms with van der Waals surface area (Å²) in [7, 11) is -2.17. The minimum atomic E-state index is -2.17. The summed E-state index contributed by atoms with van der Waals surface area (Å²) in [6, 6.07) is 0. The van der Waals surface area contributed by atoms with Crippen molar-refractivity contribution in [2.75, 3.05) is 26.4 Å². The number of guanidine groups is 3. The topological polar surface area (TPSA) is 369 Å². The van der Waals surface area contributed by atoms with E-state index in [1.54, 1.807) is 27.7 Å². The molecule has 0 rings (SSSR count). The molecule has 0 amide bonds. The van der Waals surface area contributed by atoms with Gasteiger partial charge in [0.1, 0.15) is 0 Å². The fourth-order valence-corrected chi connectivity index (χ4v) is 0.1000. The largest absolute Gasteiger partial charge is 0.631 e. The van der Waals surface area contributed by atoms with Crippen molar-refractivity contribution in [3.8, 4) is 0 Å². The minimum Gasteiger partial charge on any atom is -0.402 e. The molecule has 0 aromatic carbocycles. The highest BCUT2D eigenvalue weighted by Crippen LogP contribution is 2.10. The first-order valence-electron chi connectivity index (χ1n) is 7.94. The van der Waals surface area contributed by atoms with Crippen LogP contribution in [0.5, 0.6) is 0 Å². The van der Waals surface area contributed by atoms with E-state index >= 15 is 0 Å². The third-order valence-corrected chi connectivity index (χ3v) is 1.71. The van der Waals surface area contributed by atoms with Crippen LogP contribution in [-0.2, 0) is 0 Å². The van der Waals surface area contributed by atoms with Gasteiger partial charge in [0.15, 0.2) is 17.9 Å². The van der Waals surface area contributed by atoms with E-state index in [-0.39, 0.29) is 55.1 Å². The zero-order valence-corrected chi connectivity index (χ0v) is 18.0. The number of nitrogens with one attached hydrogen (secondary N) is 3. The Bertz CT molecular complexity index is 343. The van der Waals surface area contributed by atoms with Crippen molar-refractivity contribution in [2.45, 2.75) is 27.7 Å². The molecule has 0 heterocycles. The van der Waals surface area contributed by atoms with Crippen molar-refractivity contribution < 1.29 is 35.5 Å². The molecule has 0 aliphatic carbocycles. The second-order valence-electron chi connectivity index (χ2n) is 6.67. The van der Waals surface area contributed by atoms with Crippen LogP contribution in [0.15, 0.2) is 0 Å². The Morgan fingerprint density at radius 1 is 0.567 bits per heavy atom. The fourth-order valence-electron chi connectivity index (χ4n) is 0.1000. The van der Waals surface area contributed by atoms with Crippen molar-refractivity contribution in [3.63, 3.8) is 0 Å². The Morgan fingerprint density at radius 3 is 0.633 bits per heavy atom. The van der Waals surface area contributed by atoms with Crippen LogP contribution in [0.1, 0.15) is 27.7 Å². The molecule has 0 aromatic heterocycles. The lowest BCUT2D eigenvalue weighted by Crippen LogP contribution is -2.20. The average molecular weight is 447 g/mol. The number of hydrogen-bond donors (Lipinski definition) is 16. The molecule has 17 heteroatoms. The van der Waals surface area contributed by atoms with Gasteiger partial charge in [0.25, 0.3) is 0 Å². The average Bonchev–Trinajstić information content (AvgIpc) is 2.53. The molecular weight excluding hydrogens is 405 g/mol. The van der Waals surface area contributed by atoms with E-state index in [1.165, 1.54) is 0 Å². The maximum atomic E-state index is 8.43. The van der Waals surface area contributed by atoms with Gasteiger partial charge in [-0.05, 0) is 0 Å². The Balaban J connectivity index is -0.0000000590. The van der Waals surface area contributed by atoms with E-state index in [1.807, 2.05) is 0 Å². The maximum absolute atomic E-state index is 8.43. The summed E-state index contributed by atoms with van der Waals surface area (Å²) >= 11 is 0. The maximum Gasteiger partial charge on any atom is 0.631 e. The smallest absolute Gasteiger partial charge is 0.402 e. The second kappa shape index (κ2) is 26.6. The monoisotopic (exact) mass is 447 g/mol. The third kappa shape index (κ3) is 168. The van der Waals surface area contributed by atoms with E-state index in [4.69, 9.17) is 51.7 Å². The Kier molecular flexibility index (Phi) is 37.1. The minimum absolute atomic E-state index is 0.0451. The molecule has 22 N–H and O–H groups in total. The molecule has 0 aliphatic heterocycles. The predicted molar refractivity (Wildman–Crippen MR) is 117 cm³/mol. The number of nitrogens with two attached hydrogens (primary N) is 6. The van der Waals surface area contributed by atoms with Gasteiger partial charge >= 0.3 is 7.32 Å². The van der Waals surface area contributed by atoms with Gasteiger partial charge in [-0.15, -0.1) is 0 Å². The van der Waals surface area contributed by atoms with Gasteiger partial charge < -0.3 is 69.9 Å². The molecular formula is C13H42BN9O7. The number of aliphatic hydroxyl groups excluding tert-OH is 4. The van der Waals surface area contributed by atoms with E-state index in [2.05, 4.69) is 34.4 Å². The van der Waals surface area contributed by atoms with Crippen molar-refractivity contribution >= 4 is 25.2 Å². The van der Waals surface area contributed by atoms with E-state index in [0.717, 1.165) is 0 Å². The summed E-state index contributed by atoms with van der Waals surface area (Å²) in [5, 5.41) is 73.4. The molecule has 0 bridgehead atoms.